The Labute approximate surface area is 156 Å². The molecule has 1 heterocycles. The van der Waals surface area contributed by atoms with E-state index in [0.717, 1.165) is 28.1 Å². The van der Waals surface area contributed by atoms with E-state index in [1.54, 1.807) is 0 Å². The van der Waals surface area contributed by atoms with Gasteiger partial charge in [-0.3, -0.25) is 4.79 Å². The van der Waals surface area contributed by atoms with Gasteiger partial charge in [-0.05, 0) is 48.5 Å². The number of para-hydroxylation sites is 3. The molecule has 0 fully saturated rings. The summed E-state index contributed by atoms with van der Waals surface area (Å²) in [5.41, 5.74) is 3.46. The van der Waals surface area contributed by atoms with Crippen LogP contribution in [-0.4, -0.2) is 15.5 Å². The molecular weight excluding hydrogens is 346 g/mol. The van der Waals surface area contributed by atoms with Gasteiger partial charge in [0.2, 0.25) is 5.91 Å². The lowest BCUT2D eigenvalue weighted by molar-refractivity contribution is -0.116. The molecule has 0 atom stereocenters. The van der Waals surface area contributed by atoms with Crippen molar-refractivity contribution < 1.29 is 4.79 Å². The zero-order valence-electron chi connectivity index (χ0n) is 13.9. The number of halogens is 1. The number of amides is 1. The Morgan fingerprint density at radius 1 is 0.923 bits per heavy atom. The number of aromatic nitrogens is 2. The van der Waals surface area contributed by atoms with Gasteiger partial charge in [0.25, 0.3) is 0 Å². The van der Waals surface area contributed by atoms with Crippen LogP contribution >= 0.6 is 11.6 Å². The molecule has 4 aromatic rings. The second-order valence-corrected chi connectivity index (χ2v) is 6.37. The summed E-state index contributed by atoms with van der Waals surface area (Å²) in [6.45, 7) is 0.174. The Morgan fingerprint density at radius 3 is 2.38 bits per heavy atom. The number of carbonyl (C=O) groups is 1. The molecule has 3 aromatic carbocycles. The van der Waals surface area contributed by atoms with Crippen molar-refractivity contribution in [2.45, 2.75) is 6.54 Å². The Bertz CT molecular complexity index is 1060. The number of hydrogen-bond donors (Lipinski definition) is 1. The van der Waals surface area contributed by atoms with Gasteiger partial charge in [-0.15, -0.1) is 0 Å². The van der Waals surface area contributed by atoms with Crippen LogP contribution < -0.4 is 5.32 Å². The van der Waals surface area contributed by atoms with Crippen LogP contribution in [-0.2, 0) is 11.3 Å². The van der Waals surface area contributed by atoms with E-state index in [4.69, 9.17) is 16.6 Å². The molecule has 0 saturated carbocycles. The summed E-state index contributed by atoms with van der Waals surface area (Å²) in [6.07, 6.45) is 0. The highest BCUT2D eigenvalue weighted by Crippen LogP contribution is 2.26. The molecule has 4 rings (SSSR count). The van der Waals surface area contributed by atoms with E-state index in [9.17, 15) is 4.79 Å². The zero-order valence-corrected chi connectivity index (χ0v) is 14.6. The van der Waals surface area contributed by atoms with Gasteiger partial charge in [0, 0.05) is 16.3 Å². The number of carbonyl (C=O) groups excluding carboxylic acids is 1. The summed E-state index contributed by atoms with van der Waals surface area (Å²) in [5, 5.41) is 3.59. The minimum absolute atomic E-state index is 0.102. The van der Waals surface area contributed by atoms with Crippen LogP contribution in [0.5, 0.6) is 0 Å². The maximum atomic E-state index is 12.6. The van der Waals surface area contributed by atoms with Crippen LogP contribution in [0.15, 0.2) is 78.9 Å². The maximum absolute atomic E-state index is 12.6. The predicted molar refractivity (Wildman–Crippen MR) is 105 cm³/mol. The van der Waals surface area contributed by atoms with E-state index in [2.05, 4.69) is 5.32 Å². The summed E-state index contributed by atoms with van der Waals surface area (Å²) in [6, 6.07) is 24.7. The van der Waals surface area contributed by atoms with Crippen molar-refractivity contribution in [1.29, 1.82) is 0 Å². The lowest BCUT2D eigenvalue weighted by atomic mass is 10.2. The SMILES string of the molecule is O=C(Cn1c(-c2ccc(Cl)cc2)nc2ccccc21)Nc1ccccc1. The normalized spacial score (nSPS) is 10.8. The van der Waals surface area contributed by atoms with Gasteiger partial charge in [0.15, 0.2) is 0 Å². The number of nitrogens with zero attached hydrogens (tertiary/aromatic N) is 2. The fourth-order valence-corrected chi connectivity index (χ4v) is 3.05. The molecule has 0 unspecified atom stereocenters. The van der Waals surface area contributed by atoms with E-state index >= 15 is 0 Å². The third kappa shape index (κ3) is 3.32. The first-order chi connectivity index (χ1) is 12.7. The van der Waals surface area contributed by atoms with Crippen LogP contribution in [0, 0.1) is 0 Å². The van der Waals surface area contributed by atoms with E-state index < -0.39 is 0 Å². The number of fused-ring (bicyclic) bond motifs is 1. The van der Waals surface area contributed by atoms with Gasteiger partial charge < -0.3 is 9.88 Å². The average Bonchev–Trinajstić information content (AvgIpc) is 3.02. The maximum Gasteiger partial charge on any atom is 0.244 e. The molecule has 0 aliphatic heterocycles. The quantitative estimate of drug-likeness (QED) is 0.556. The van der Waals surface area contributed by atoms with E-state index in [0.29, 0.717) is 5.02 Å². The molecule has 0 aliphatic carbocycles. The number of imidazole rings is 1. The fraction of sp³-hybridized carbons (Fsp3) is 0.0476. The van der Waals surface area contributed by atoms with Gasteiger partial charge in [-0.2, -0.15) is 0 Å². The molecule has 1 aromatic heterocycles. The Morgan fingerprint density at radius 2 is 1.62 bits per heavy atom. The average molecular weight is 362 g/mol. The van der Waals surface area contributed by atoms with Crippen molar-refractivity contribution >= 4 is 34.2 Å². The first kappa shape index (κ1) is 16.4. The second-order valence-electron chi connectivity index (χ2n) is 5.93. The first-order valence-corrected chi connectivity index (χ1v) is 8.64. The summed E-state index contributed by atoms with van der Waals surface area (Å²) < 4.78 is 1.93. The summed E-state index contributed by atoms with van der Waals surface area (Å²) in [7, 11) is 0. The van der Waals surface area contributed by atoms with Crippen molar-refractivity contribution in [1.82, 2.24) is 9.55 Å². The molecule has 0 saturated heterocycles. The molecule has 128 valence electrons. The second kappa shape index (κ2) is 7.02. The molecule has 1 amide bonds. The molecular formula is C21H16ClN3O. The van der Waals surface area contributed by atoms with Crippen molar-refractivity contribution in [3.8, 4) is 11.4 Å². The van der Waals surface area contributed by atoms with Crippen molar-refractivity contribution in [3.05, 3.63) is 83.9 Å². The third-order valence-corrected chi connectivity index (χ3v) is 4.37. The number of anilines is 1. The molecule has 0 spiro atoms. The summed E-state index contributed by atoms with van der Waals surface area (Å²) in [4.78, 5) is 17.3. The smallest absolute Gasteiger partial charge is 0.244 e. The van der Waals surface area contributed by atoms with Gasteiger partial charge in [0.05, 0.1) is 11.0 Å². The molecule has 0 bridgehead atoms. The molecule has 0 aliphatic rings. The van der Waals surface area contributed by atoms with Crippen molar-refractivity contribution in [3.63, 3.8) is 0 Å². The van der Waals surface area contributed by atoms with E-state index in [1.165, 1.54) is 0 Å². The van der Waals surface area contributed by atoms with Gasteiger partial charge in [-0.25, -0.2) is 4.98 Å². The van der Waals surface area contributed by atoms with Crippen LogP contribution in [0.3, 0.4) is 0 Å². The number of benzene rings is 3. The van der Waals surface area contributed by atoms with Crippen LogP contribution in [0.25, 0.3) is 22.4 Å². The van der Waals surface area contributed by atoms with Crippen molar-refractivity contribution in [2.24, 2.45) is 0 Å². The minimum Gasteiger partial charge on any atom is -0.325 e. The Hall–Kier alpha value is -3.11. The number of rotatable bonds is 4. The Kier molecular flexibility index (Phi) is 4.42. The fourth-order valence-electron chi connectivity index (χ4n) is 2.92. The lowest BCUT2D eigenvalue weighted by Gasteiger charge is -2.10. The topological polar surface area (TPSA) is 46.9 Å². The van der Waals surface area contributed by atoms with E-state index in [-0.39, 0.29) is 12.5 Å². The molecule has 26 heavy (non-hydrogen) atoms. The Balaban J connectivity index is 1.72. The van der Waals surface area contributed by atoms with Crippen LogP contribution in [0.2, 0.25) is 5.02 Å². The highest BCUT2D eigenvalue weighted by molar-refractivity contribution is 6.30. The van der Waals surface area contributed by atoms with Gasteiger partial charge in [0.1, 0.15) is 12.4 Å². The minimum atomic E-state index is -0.102. The first-order valence-electron chi connectivity index (χ1n) is 8.27. The predicted octanol–water partition coefficient (Wildman–Crippen LogP) is 5.00. The van der Waals surface area contributed by atoms with E-state index in [1.807, 2.05) is 83.4 Å². The molecule has 4 nitrogen and oxygen atoms in total. The molecule has 1 N–H and O–H groups in total. The van der Waals surface area contributed by atoms with Crippen molar-refractivity contribution in [2.75, 3.05) is 5.32 Å². The van der Waals surface area contributed by atoms with Crippen LogP contribution in [0.1, 0.15) is 0 Å². The lowest BCUT2D eigenvalue weighted by Crippen LogP contribution is -2.19. The molecule has 5 heteroatoms. The highest BCUT2D eigenvalue weighted by atomic mass is 35.5. The monoisotopic (exact) mass is 361 g/mol. The van der Waals surface area contributed by atoms with Gasteiger partial charge in [-0.1, -0.05) is 41.9 Å². The van der Waals surface area contributed by atoms with Gasteiger partial charge >= 0.3 is 0 Å². The van der Waals surface area contributed by atoms with Crippen LogP contribution in [0.4, 0.5) is 5.69 Å². The molecule has 0 radical (unpaired) electrons. The summed E-state index contributed by atoms with van der Waals surface area (Å²) in [5.74, 6) is 0.639. The largest absolute Gasteiger partial charge is 0.325 e. The standard InChI is InChI=1S/C21H16ClN3O/c22-16-12-10-15(11-13-16)21-24-18-8-4-5-9-19(18)25(21)14-20(26)23-17-6-2-1-3-7-17/h1-13H,14H2,(H,23,26). The zero-order chi connectivity index (χ0) is 17.9. The third-order valence-electron chi connectivity index (χ3n) is 4.12. The number of hydrogen-bond acceptors (Lipinski definition) is 2. The summed E-state index contributed by atoms with van der Waals surface area (Å²) >= 11 is 6.00. The highest BCUT2D eigenvalue weighted by Gasteiger charge is 2.15. The number of nitrogens with one attached hydrogen (secondary N) is 1.